The molecule has 16 heavy (non-hydrogen) atoms. The number of nitrogens with zero attached hydrogens (tertiary/aromatic N) is 1. The number of nitro groups is 1. The van der Waals surface area contributed by atoms with E-state index in [9.17, 15) is 14.9 Å². The molecule has 6 heteroatoms. The van der Waals surface area contributed by atoms with Gasteiger partial charge in [0, 0.05) is 12.1 Å². The molecule has 1 aromatic carbocycles. The summed E-state index contributed by atoms with van der Waals surface area (Å²) in [5.74, 6) is -1.06. The highest BCUT2D eigenvalue weighted by Gasteiger charge is 2.14. The van der Waals surface area contributed by atoms with Crippen LogP contribution in [0.15, 0.2) is 22.7 Å². The standard InChI is InChI=1S/C10H8BrNO4/c1-6-7(3-5-9(13)14)2-4-8(10(6)11)12(15)16/h2-5H,1H3,(H,13,14)/b5-3+. The van der Waals surface area contributed by atoms with E-state index < -0.39 is 10.9 Å². The molecule has 0 bridgehead atoms. The van der Waals surface area contributed by atoms with E-state index >= 15 is 0 Å². The quantitative estimate of drug-likeness (QED) is 0.526. The minimum absolute atomic E-state index is 0.0371. The molecule has 1 rings (SSSR count). The number of aliphatic carboxylic acids is 1. The molecule has 0 heterocycles. The minimum atomic E-state index is -1.06. The Bertz CT molecular complexity index is 482. The molecule has 84 valence electrons. The lowest BCUT2D eigenvalue weighted by molar-refractivity contribution is -0.385. The SMILES string of the molecule is Cc1c(/C=C/C(=O)O)ccc([N+](=O)[O-])c1Br. The first-order chi connectivity index (χ1) is 7.43. The Morgan fingerprint density at radius 2 is 2.19 bits per heavy atom. The molecule has 0 aromatic heterocycles. The van der Waals surface area contributed by atoms with E-state index in [0.717, 1.165) is 6.08 Å². The zero-order chi connectivity index (χ0) is 12.3. The predicted molar refractivity (Wildman–Crippen MR) is 62.2 cm³/mol. The van der Waals surface area contributed by atoms with Crippen LogP contribution in [0.4, 0.5) is 5.69 Å². The Morgan fingerprint density at radius 1 is 1.56 bits per heavy atom. The first kappa shape index (κ1) is 12.4. The van der Waals surface area contributed by atoms with Crippen LogP contribution in [-0.4, -0.2) is 16.0 Å². The van der Waals surface area contributed by atoms with Crippen molar-refractivity contribution in [3.8, 4) is 0 Å². The summed E-state index contributed by atoms with van der Waals surface area (Å²) in [5, 5.41) is 19.1. The molecule has 0 saturated heterocycles. The van der Waals surface area contributed by atoms with Crippen LogP contribution in [0.2, 0.25) is 0 Å². The van der Waals surface area contributed by atoms with Gasteiger partial charge >= 0.3 is 5.97 Å². The number of carboxylic acids is 1. The Kier molecular flexibility index (Phi) is 3.78. The first-order valence-electron chi connectivity index (χ1n) is 4.28. The fourth-order valence-corrected chi connectivity index (χ4v) is 1.67. The van der Waals surface area contributed by atoms with Gasteiger partial charge in [0.25, 0.3) is 5.69 Å². The van der Waals surface area contributed by atoms with Crippen LogP contribution in [0.5, 0.6) is 0 Å². The second-order valence-electron chi connectivity index (χ2n) is 3.04. The molecule has 1 N–H and O–H groups in total. The van der Waals surface area contributed by atoms with Gasteiger partial charge in [0.15, 0.2) is 0 Å². The lowest BCUT2D eigenvalue weighted by Crippen LogP contribution is -1.93. The monoisotopic (exact) mass is 285 g/mol. The van der Waals surface area contributed by atoms with Gasteiger partial charge in [-0.3, -0.25) is 10.1 Å². The number of carbonyl (C=O) groups is 1. The van der Waals surface area contributed by atoms with Crippen molar-refractivity contribution >= 4 is 33.7 Å². The highest BCUT2D eigenvalue weighted by Crippen LogP contribution is 2.30. The van der Waals surface area contributed by atoms with Crippen LogP contribution in [0, 0.1) is 17.0 Å². The van der Waals surface area contributed by atoms with E-state index in [2.05, 4.69) is 15.9 Å². The third-order valence-corrected chi connectivity index (χ3v) is 3.01. The van der Waals surface area contributed by atoms with Crippen molar-refractivity contribution in [1.82, 2.24) is 0 Å². The zero-order valence-electron chi connectivity index (χ0n) is 8.31. The first-order valence-corrected chi connectivity index (χ1v) is 5.07. The summed E-state index contributed by atoms with van der Waals surface area (Å²) >= 11 is 3.12. The molecule has 5 nitrogen and oxygen atoms in total. The van der Waals surface area contributed by atoms with Crippen LogP contribution in [0.25, 0.3) is 6.08 Å². The van der Waals surface area contributed by atoms with Gasteiger partial charge in [0.1, 0.15) is 0 Å². The second-order valence-corrected chi connectivity index (χ2v) is 3.83. The molecular weight excluding hydrogens is 278 g/mol. The Hall–Kier alpha value is -1.69. The van der Waals surface area contributed by atoms with Gasteiger partial charge < -0.3 is 5.11 Å². The average Bonchev–Trinajstić information content (AvgIpc) is 2.19. The smallest absolute Gasteiger partial charge is 0.328 e. The molecule has 1 aromatic rings. The largest absolute Gasteiger partial charge is 0.478 e. The molecular formula is C10H8BrNO4. The maximum Gasteiger partial charge on any atom is 0.328 e. The number of nitro benzene ring substituents is 1. The van der Waals surface area contributed by atoms with Gasteiger partial charge in [0.2, 0.25) is 0 Å². The fourth-order valence-electron chi connectivity index (χ4n) is 1.17. The van der Waals surface area contributed by atoms with Crippen molar-refractivity contribution in [2.45, 2.75) is 6.92 Å². The van der Waals surface area contributed by atoms with Crippen LogP contribution < -0.4 is 0 Å². The number of halogens is 1. The van der Waals surface area contributed by atoms with E-state index in [4.69, 9.17) is 5.11 Å². The van der Waals surface area contributed by atoms with E-state index in [0.29, 0.717) is 15.6 Å². The number of carboxylic acid groups (broad SMARTS) is 1. The van der Waals surface area contributed by atoms with Crippen molar-refractivity contribution in [3.63, 3.8) is 0 Å². The number of benzene rings is 1. The van der Waals surface area contributed by atoms with Crippen LogP contribution in [0.3, 0.4) is 0 Å². The fraction of sp³-hybridized carbons (Fsp3) is 0.100. The average molecular weight is 286 g/mol. The van der Waals surface area contributed by atoms with E-state index in [1.165, 1.54) is 18.2 Å². The maximum absolute atomic E-state index is 10.6. The van der Waals surface area contributed by atoms with Crippen molar-refractivity contribution < 1.29 is 14.8 Å². The molecule has 0 aliphatic rings. The number of rotatable bonds is 3. The molecule has 0 amide bonds. The topological polar surface area (TPSA) is 80.4 Å². The van der Waals surface area contributed by atoms with Gasteiger partial charge in [-0.2, -0.15) is 0 Å². The van der Waals surface area contributed by atoms with Crippen LogP contribution in [-0.2, 0) is 4.79 Å². The van der Waals surface area contributed by atoms with E-state index in [1.54, 1.807) is 6.92 Å². The van der Waals surface area contributed by atoms with Crippen molar-refractivity contribution in [2.24, 2.45) is 0 Å². The Morgan fingerprint density at radius 3 is 2.69 bits per heavy atom. The minimum Gasteiger partial charge on any atom is -0.478 e. The summed E-state index contributed by atoms with van der Waals surface area (Å²) in [6.45, 7) is 1.68. The molecule has 0 saturated carbocycles. The van der Waals surface area contributed by atoms with Gasteiger partial charge in [-0.15, -0.1) is 0 Å². The molecule has 0 radical (unpaired) electrons. The predicted octanol–water partition coefficient (Wildman–Crippen LogP) is 2.76. The third kappa shape index (κ3) is 2.66. The molecule has 0 atom stereocenters. The molecule has 0 spiro atoms. The van der Waals surface area contributed by atoms with Crippen molar-refractivity contribution in [1.29, 1.82) is 0 Å². The number of hydrogen-bond donors (Lipinski definition) is 1. The normalized spacial score (nSPS) is 10.6. The van der Waals surface area contributed by atoms with Crippen LogP contribution >= 0.6 is 15.9 Å². The summed E-state index contributed by atoms with van der Waals surface area (Å²) in [7, 11) is 0. The molecule has 0 fully saturated rings. The van der Waals surface area contributed by atoms with E-state index in [-0.39, 0.29) is 5.69 Å². The number of hydrogen-bond acceptors (Lipinski definition) is 3. The van der Waals surface area contributed by atoms with Gasteiger partial charge in [0.05, 0.1) is 9.40 Å². The van der Waals surface area contributed by atoms with Gasteiger partial charge in [-0.1, -0.05) is 0 Å². The highest BCUT2D eigenvalue weighted by atomic mass is 79.9. The molecule has 0 aliphatic carbocycles. The Balaban J connectivity index is 3.22. The van der Waals surface area contributed by atoms with Gasteiger partial charge in [-0.25, -0.2) is 4.79 Å². The van der Waals surface area contributed by atoms with Crippen LogP contribution in [0.1, 0.15) is 11.1 Å². The van der Waals surface area contributed by atoms with E-state index in [1.807, 2.05) is 0 Å². The summed E-state index contributed by atoms with van der Waals surface area (Å²) in [5.41, 5.74) is 1.22. The molecule has 0 aliphatic heterocycles. The zero-order valence-corrected chi connectivity index (χ0v) is 9.89. The summed E-state index contributed by atoms with van der Waals surface area (Å²) in [6, 6.07) is 2.84. The summed E-state index contributed by atoms with van der Waals surface area (Å²) < 4.78 is 0.366. The molecule has 0 unspecified atom stereocenters. The second kappa shape index (κ2) is 4.89. The summed E-state index contributed by atoms with van der Waals surface area (Å²) in [4.78, 5) is 20.5. The third-order valence-electron chi connectivity index (χ3n) is 2.01. The van der Waals surface area contributed by atoms with Gasteiger partial charge in [-0.05, 0) is 46.1 Å². The lowest BCUT2D eigenvalue weighted by Gasteiger charge is -2.03. The maximum atomic E-state index is 10.6. The highest BCUT2D eigenvalue weighted by molar-refractivity contribution is 9.10. The lowest BCUT2D eigenvalue weighted by atomic mass is 10.1. The van der Waals surface area contributed by atoms with Crippen molar-refractivity contribution in [2.75, 3.05) is 0 Å². The summed E-state index contributed by atoms with van der Waals surface area (Å²) in [6.07, 6.45) is 2.38. The Labute approximate surface area is 99.7 Å². The van der Waals surface area contributed by atoms with Crippen molar-refractivity contribution in [3.05, 3.63) is 43.9 Å².